The number of nitrogen functional groups attached to an aromatic ring is 1. The zero-order chi connectivity index (χ0) is 15.2. The Morgan fingerprint density at radius 3 is 2.62 bits per heavy atom. The highest BCUT2D eigenvalue weighted by molar-refractivity contribution is 6.30. The molecule has 0 aliphatic heterocycles. The van der Waals surface area contributed by atoms with E-state index in [0.29, 0.717) is 28.6 Å². The quantitative estimate of drug-likeness (QED) is 0.835. The fraction of sp³-hybridized carbons (Fsp3) is 0.188. The molecule has 21 heavy (non-hydrogen) atoms. The van der Waals surface area contributed by atoms with Gasteiger partial charge in [0.25, 0.3) is 5.91 Å². The number of amides is 1. The lowest BCUT2D eigenvalue weighted by atomic mass is 10.1. The van der Waals surface area contributed by atoms with Gasteiger partial charge in [-0.1, -0.05) is 23.7 Å². The summed E-state index contributed by atoms with van der Waals surface area (Å²) in [5.74, 6) is 0.396. The van der Waals surface area contributed by atoms with Gasteiger partial charge in [0.1, 0.15) is 5.75 Å². The Bertz CT molecular complexity index is 627. The van der Waals surface area contributed by atoms with Gasteiger partial charge in [0.05, 0.1) is 7.11 Å². The first-order valence-corrected chi connectivity index (χ1v) is 6.93. The lowest BCUT2D eigenvalue weighted by Gasteiger charge is -2.08. The van der Waals surface area contributed by atoms with Crippen molar-refractivity contribution in [3.05, 3.63) is 58.6 Å². The number of anilines is 1. The van der Waals surface area contributed by atoms with Gasteiger partial charge < -0.3 is 15.8 Å². The first-order chi connectivity index (χ1) is 10.1. The highest BCUT2D eigenvalue weighted by atomic mass is 35.5. The largest absolute Gasteiger partial charge is 0.497 e. The summed E-state index contributed by atoms with van der Waals surface area (Å²) in [6, 6.07) is 12.5. The van der Waals surface area contributed by atoms with Crippen LogP contribution in [-0.2, 0) is 6.42 Å². The Labute approximate surface area is 128 Å². The van der Waals surface area contributed by atoms with Gasteiger partial charge in [-0.15, -0.1) is 0 Å². The molecule has 110 valence electrons. The Balaban J connectivity index is 1.92. The number of nitrogens with two attached hydrogens (primary N) is 1. The molecule has 0 heterocycles. The second-order valence-corrected chi connectivity index (χ2v) is 5.06. The molecule has 2 rings (SSSR count). The van der Waals surface area contributed by atoms with Crippen molar-refractivity contribution in [3.8, 4) is 5.75 Å². The summed E-state index contributed by atoms with van der Waals surface area (Å²) in [6.45, 7) is 0.539. The van der Waals surface area contributed by atoms with Gasteiger partial charge in [-0.2, -0.15) is 0 Å². The SMILES string of the molecule is COc1cc(N)cc(C(=O)NCCc2ccc(Cl)cc2)c1. The van der Waals surface area contributed by atoms with Crippen LogP contribution in [0.4, 0.5) is 5.69 Å². The average Bonchev–Trinajstić information content (AvgIpc) is 2.48. The number of hydrogen-bond donors (Lipinski definition) is 2. The summed E-state index contributed by atoms with van der Waals surface area (Å²) in [6.07, 6.45) is 0.738. The molecule has 4 nitrogen and oxygen atoms in total. The zero-order valence-corrected chi connectivity index (χ0v) is 12.5. The first-order valence-electron chi connectivity index (χ1n) is 6.55. The van der Waals surface area contributed by atoms with E-state index in [0.717, 1.165) is 12.0 Å². The van der Waals surface area contributed by atoms with E-state index < -0.39 is 0 Å². The third-order valence-corrected chi connectivity index (χ3v) is 3.29. The summed E-state index contributed by atoms with van der Waals surface area (Å²) in [7, 11) is 1.54. The first kappa shape index (κ1) is 15.2. The number of hydrogen-bond acceptors (Lipinski definition) is 3. The number of methoxy groups -OCH3 is 1. The van der Waals surface area contributed by atoms with E-state index in [-0.39, 0.29) is 5.91 Å². The third kappa shape index (κ3) is 4.39. The number of ether oxygens (including phenoxy) is 1. The molecule has 0 unspecified atom stereocenters. The van der Waals surface area contributed by atoms with E-state index in [1.807, 2.05) is 24.3 Å². The summed E-state index contributed by atoms with van der Waals surface area (Å²) in [4.78, 5) is 12.1. The Morgan fingerprint density at radius 2 is 1.95 bits per heavy atom. The summed E-state index contributed by atoms with van der Waals surface area (Å²) in [5, 5.41) is 3.56. The second-order valence-electron chi connectivity index (χ2n) is 4.63. The Morgan fingerprint density at radius 1 is 1.24 bits per heavy atom. The van der Waals surface area contributed by atoms with Crippen LogP contribution in [0, 0.1) is 0 Å². The van der Waals surface area contributed by atoms with Gasteiger partial charge in [-0.3, -0.25) is 4.79 Å². The van der Waals surface area contributed by atoms with E-state index in [4.69, 9.17) is 22.1 Å². The average molecular weight is 305 g/mol. The van der Waals surface area contributed by atoms with Gasteiger partial charge in [0.2, 0.25) is 0 Å². The molecule has 2 aromatic carbocycles. The van der Waals surface area contributed by atoms with Gasteiger partial charge in [-0.25, -0.2) is 0 Å². The minimum Gasteiger partial charge on any atom is -0.497 e. The summed E-state index contributed by atoms with van der Waals surface area (Å²) >= 11 is 5.83. The normalized spacial score (nSPS) is 10.2. The van der Waals surface area contributed by atoms with E-state index in [9.17, 15) is 4.79 Å². The zero-order valence-electron chi connectivity index (χ0n) is 11.7. The smallest absolute Gasteiger partial charge is 0.251 e. The monoisotopic (exact) mass is 304 g/mol. The summed E-state index contributed by atoms with van der Waals surface area (Å²) in [5.41, 5.74) is 7.84. The van der Waals surface area contributed by atoms with Crippen LogP contribution in [0.25, 0.3) is 0 Å². The maximum Gasteiger partial charge on any atom is 0.251 e. The molecule has 0 radical (unpaired) electrons. The van der Waals surface area contributed by atoms with Gasteiger partial charge in [0.15, 0.2) is 0 Å². The van der Waals surface area contributed by atoms with Gasteiger partial charge in [-0.05, 0) is 36.2 Å². The maximum atomic E-state index is 12.1. The lowest BCUT2D eigenvalue weighted by molar-refractivity contribution is 0.0954. The molecule has 1 amide bonds. The fourth-order valence-electron chi connectivity index (χ4n) is 1.94. The number of rotatable bonds is 5. The molecular weight excluding hydrogens is 288 g/mol. The van der Waals surface area contributed by atoms with Crippen molar-refractivity contribution in [1.82, 2.24) is 5.32 Å². The number of benzene rings is 2. The lowest BCUT2D eigenvalue weighted by Crippen LogP contribution is -2.25. The molecule has 0 fully saturated rings. The van der Waals surface area contributed by atoms with Crippen LogP contribution in [0.5, 0.6) is 5.75 Å². The molecule has 0 bridgehead atoms. The van der Waals surface area contributed by atoms with Crippen molar-refractivity contribution >= 4 is 23.2 Å². The second kappa shape index (κ2) is 6.99. The number of nitrogens with one attached hydrogen (secondary N) is 1. The maximum absolute atomic E-state index is 12.1. The van der Waals surface area contributed by atoms with Gasteiger partial charge >= 0.3 is 0 Å². The van der Waals surface area contributed by atoms with E-state index in [1.165, 1.54) is 7.11 Å². The molecule has 0 spiro atoms. The molecule has 0 saturated heterocycles. The van der Waals surface area contributed by atoms with Crippen molar-refractivity contribution in [1.29, 1.82) is 0 Å². The molecule has 3 N–H and O–H groups in total. The highest BCUT2D eigenvalue weighted by Crippen LogP contribution is 2.18. The van der Waals surface area contributed by atoms with Crippen molar-refractivity contribution in [2.75, 3.05) is 19.4 Å². The van der Waals surface area contributed by atoms with Crippen LogP contribution < -0.4 is 15.8 Å². The van der Waals surface area contributed by atoms with Crippen LogP contribution in [0.1, 0.15) is 15.9 Å². The standard InChI is InChI=1S/C16H17ClN2O2/c1-21-15-9-12(8-14(18)10-15)16(20)19-7-6-11-2-4-13(17)5-3-11/h2-5,8-10H,6-7,18H2,1H3,(H,19,20). The molecule has 0 aliphatic rings. The predicted octanol–water partition coefficient (Wildman–Crippen LogP) is 2.90. The van der Waals surface area contributed by atoms with Crippen molar-refractivity contribution < 1.29 is 9.53 Å². The summed E-state index contributed by atoms with van der Waals surface area (Å²) < 4.78 is 5.10. The van der Waals surface area contributed by atoms with Crippen molar-refractivity contribution in [3.63, 3.8) is 0 Å². The van der Waals surface area contributed by atoms with Crippen molar-refractivity contribution in [2.24, 2.45) is 0 Å². The van der Waals surface area contributed by atoms with Crippen LogP contribution in [0.3, 0.4) is 0 Å². The minimum absolute atomic E-state index is 0.172. The molecule has 0 saturated carbocycles. The van der Waals surface area contributed by atoms with E-state index in [1.54, 1.807) is 18.2 Å². The van der Waals surface area contributed by atoms with Crippen LogP contribution in [0.2, 0.25) is 5.02 Å². The molecule has 0 aliphatic carbocycles. The van der Waals surface area contributed by atoms with Crippen LogP contribution in [0.15, 0.2) is 42.5 Å². The Hall–Kier alpha value is -2.20. The van der Waals surface area contributed by atoms with Crippen LogP contribution >= 0.6 is 11.6 Å². The number of halogens is 1. The van der Waals surface area contributed by atoms with Gasteiger partial charge in [0, 0.05) is 28.9 Å². The fourth-order valence-corrected chi connectivity index (χ4v) is 2.07. The number of carbonyl (C=O) groups is 1. The predicted molar refractivity (Wildman–Crippen MR) is 84.9 cm³/mol. The third-order valence-electron chi connectivity index (χ3n) is 3.04. The molecular formula is C16H17ClN2O2. The van der Waals surface area contributed by atoms with E-state index >= 15 is 0 Å². The topological polar surface area (TPSA) is 64.3 Å². The Kier molecular flexibility index (Phi) is 5.06. The minimum atomic E-state index is -0.172. The molecule has 2 aromatic rings. The molecule has 0 aromatic heterocycles. The molecule has 0 atom stereocenters. The van der Waals surface area contributed by atoms with Crippen LogP contribution in [-0.4, -0.2) is 19.6 Å². The van der Waals surface area contributed by atoms with E-state index in [2.05, 4.69) is 5.32 Å². The molecule has 5 heteroatoms. The highest BCUT2D eigenvalue weighted by Gasteiger charge is 2.08. The van der Waals surface area contributed by atoms with Crippen molar-refractivity contribution in [2.45, 2.75) is 6.42 Å². The number of carbonyl (C=O) groups excluding carboxylic acids is 1.